The van der Waals surface area contributed by atoms with Gasteiger partial charge in [0.25, 0.3) is 0 Å². The second kappa shape index (κ2) is 9.05. The first kappa shape index (κ1) is 20.5. The highest BCUT2D eigenvalue weighted by molar-refractivity contribution is 5.88. The highest BCUT2D eigenvalue weighted by Crippen LogP contribution is 2.13. The molecule has 25 heavy (non-hydrogen) atoms. The highest BCUT2D eigenvalue weighted by Gasteiger charge is 2.25. The maximum Gasteiger partial charge on any atom is 0.408 e. The summed E-state index contributed by atoms with van der Waals surface area (Å²) >= 11 is 0. The standard InChI is InChI=1S/C18H26N2O5/c1-6-24-16(22)15(20-17(23)25-18(3,4)5)11-13-7-9-14(10-8-13)19-12(2)21/h7-10,15H,6,11H2,1-5H3,(H,19,21)(H,20,23). The lowest BCUT2D eigenvalue weighted by Crippen LogP contribution is -2.45. The summed E-state index contributed by atoms with van der Waals surface area (Å²) in [5.74, 6) is -0.692. The summed E-state index contributed by atoms with van der Waals surface area (Å²) in [6.07, 6.45) is -0.432. The van der Waals surface area contributed by atoms with E-state index < -0.39 is 23.7 Å². The van der Waals surface area contributed by atoms with Crippen LogP contribution in [0.15, 0.2) is 24.3 Å². The Morgan fingerprint density at radius 1 is 1.12 bits per heavy atom. The molecule has 0 aliphatic heterocycles. The Kier molecular flexibility index (Phi) is 7.42. The third kappa shape index (κ3) is 8.19. The van der Waals surface area contributed by atoms with E-state index >= 15 is 0 Å². The van der Waals surface area contributed by atoms with Gasteiger partial charge in [-0.2, -0.15) is 0 Å². The molecule has 0 bridgehead atoms. The molecular formula is C18H26N2O5. The van der Waals surface area contributed by atoms with Crippen molar-refractivity contribution < 1.29 is 23.9 Å². The fourth-order valence-corrected chi connectivity index (χ4v) is 2.05. The lowest BCUT2D eigenvalue weighted by Gasteiger charge is -2.23. The maximum atomic E-state index is 12.1. The van der Waals surface area contributed by atoms with Gasteiger partial charge >= 0.3 is 12.1 Å². The third-order valence-corrected chi connectivity index (χ3v) is 2.98. The molecule has 1 aromatic carbocycles. The van der Waals surface area contributed by atoms with Gasteiger partial charge in [0, 0.05) is 19.0 Å². The summed E-state index contributed by atoms with van der Waals surface area (Å²) < 4.78 is 10.2. The Balaban J connectivity index is 2.81. The van der Waals surface area contributed by atoms with E-state index in [4.69, 9.17) is 9.47 Å². The van der Waals surface area contributed by atoms with E-state index in [0.717, 1.165) is 5.56 Å². The van der Waals surface area contributed by atoms with Gasteiger partial charge < -0.3 is 20.1 Å². The van der Waals surface area contributed by atoms with E-state index in [1.54, 1.807) is 52.0 Å². The first-order valence-corrected chi connectivity index (χ1v) is 8.13. The fraction of sp³-hybridized carbons (Fsp3) is 0.500. The van der Waals surface area contributed by atoms with E-state index in [1.165, 1.54) is 6.92 Å². The molecule has 7 nitrogen and oxygen atoms in total. The smallest absolute Gasteiger partial charge is 0.408 e. The molecule has 2 N–H and O–H groups in total. The molecule has 0 aliphatic rings. The Labute approximate surface area is 148 Å². The quantitative estimate of drug-likeness (QED) is 0.769. The summed E-state index contributed by atoms with van der Waals surface area (Å²) in [6, 6.07) is 6.14. The Morgan fingerprint density at radius 2 is 1.72 bits per heavy atom. The normalized spacial score (nSPS) is 12.0. The zero-order valence-corrected chi connectivity index (χ0v) is 15.3. The molecule has 0 radical (unpaired) electrons. The van der Waals surface area contributed by atoms with E-state index in [1.807, 2.05) is 0 Å². The number of benzene rings is 1. The number of ether oxygens (including phenoxy) is 2. The average molecular weight is 350 g/mol. The third-order valence-electron chi connectivity index (χ3n) is 2.98. The molecule has 1 unspecified atom stereocenters. The maximum absolute atomic E-state index is 12.1. The van der Waals surface area contributed by atoms with Crippen LogP contribution in [0.25, 0.3) is 0 Å². The lowest BCUT2D eigenvalue weighted by molar-refractivity contribution is -0.145. The Morgan fingerprint density at radius 3 is 2.20 bits per heavy atom. The monoisotopic (exact) mass is 350 g/mol. The summed E-state index contributed by atoms with van der Waals surface area (Å²) in [5, 5.41) is 5.21. The average Bonchev–Trinajstić information content (AvgIpc) is 2.46. The minimum Gasteiger partial charge on any atom is -0.464 e. The number of anilines is 1. The van der Waals surface area contributed by atoms with Gasteiger partial charge in [0.1, 0.15) is 11.6 Å². The van der Waals surface area contributed by atoms with Crippen molar-refractivity contribution in [2.75, 3.05) is 11.9 Å². The molecule has 1 aromatic rings. The molecule has 0 aromatic heterocycles. The van der Waals surface area contributed by atoms with Crippen LogP contribution in [-0.4, -0.2) is 36.2 Å². The molecule has 1 atom stereocenters. The minimum absolute atomic E-state index is 0.163. The molecule has 7 heteroatoms. The van der Waals surface area contributed by atoms with Crippen LogP contribution in [-0.2, 0) is 25.5 Å². The van der Waals surface area contributed by atoms with E-state index in [2.05, 4.69) is 10.6 Å². The van der Waals surface area contributed by atoms with Crippen LogP contribution in [0.1, 0.15) is 40.2 Å². The van der Waals surface area contributed by atoms with Crippen molar-refractivity contribution in [1.82, 2.24) is 5.32 Å². The van der Waals surface area contributed by atoms with Crippen molar-refractivity contribution in [3.63, 3.8) is 0 Å². The van der Waals surface area contributed by atoms with Crippen molar-refractivity contribution in [2.45, 2.75) is 52.7 Å². The van der Waals surface area contributed by atoms with Crippen molar-refractivity contribution >= 4 is 23.7 Å². The second-order valence-electron chi connectivity index (χ2n) is 6.53. The molecule has 0 aliphatic carbocycles. The SMILES string of the molecule is CCOC(=O)C(Cc1ccc(NC(C)=O)cc1)NC(=O)OC(C)(C)C. The molecular weight excluding hydrogens is 324 g/mol. The first-order valence-electron chi connectivity index (χ1n) is 8.13. The van der Waals surface area contributed by atoms with Gasteiger partial charge in [-0.1, -0.05) is 12.1 Å². The summed E-state index contributed by atoms with van der Waals surface area (Å²) in [7, 11) is 0. The molecule has 0 saturated carbocycles. The van der Waals surface area contributed by atoms with E-state index in [-0.39, 0.29) is 18.9 Å². The largest absolute Gasteiger partial charge is 0.464 e. The van der Waals surface area contributed by atoms with Gasteiger partial charge in [-0.05, 0) is 45.4 Å². The van der Waals surface area contributed by atoms with E-state index in [9.17, 15) is 14.4 Å². The van der Waals surface area contributed by atoms with Crippen molar-refractivity contribution in [3.8, 4) is 0 Å². The van der Waals surface area contributed by atoms with Crippen LogP contribution in [0.2, 0.25) is 0 Å². The number of rotatable bonds is 6. The van der Waals surface area contributed by atoms with Crippen LogP contribution < -0.4 is 10.6 Å². The molecule has 138 valence electrons. The van der Waals surface area contributed by atoms with Crippen LogP contribution in [0, 0.1) is 0 Å². The van der Waals surface area contributed by atoms with Crippen molar-refractivity contribution in [1.29, 1.82) is 0 Å². The number of hydrogen-bond donors (Lipinski definition) is 2. The number of carbonyl (C=O) groups excluding carboxylic acids is 3. The van der Waals surface area contributed by atoms with Gasteiger partial charge in [-0.15, -0.1) is 0 Å². The topological polar surface area (TPSA) is 93.7 Å². The molecule has 0 fully saturated rings. The zero-order chi connectivity index (χ0) is 19.0. The zero-order valence-electron chi connectivity index (χ0n) is 15.3. The summed E-state index contributed by atoms with van der Waals surface area (Å²) in [6.45, 7) is 8.57. The van der Waals surface area contributed by atoms with Gasteiger partial charge in [0.15, 0.2) is 0 Å². The molecule has 0 spiro atoms. The van der Waals surface area contributed by atoms with Crippen molar-refractivity contribution in [3.05, 3.63) is 29.8 Å². The van der Waals surface area contributed by atoms with Gasteiger partial charge in [0.05, 0.1) is 6.61 Å². The number of alkyl carbamates (subject to hydrolysis) is 1. The summed E-state index contributed by atoms with van der Waals surface area (Å²) in [4.78, 5) is 35.1. The fourth-order valence-electron chi connectivity index (χ4n) is 2.05. The van der Waals surface area contributed by atoms with Crippen LogP contribution in [0.5, 0.6) is 0 Å². The van der Waals surface area contributed by atoms with Crippen LogP contribution in [0.3, 0.4) is 0 Å². The molecule has 1 rings (SSSR count). The van der Waals surface area contributed by atoms with Gasteiger partial charge in [-0.3, -0.25) is 4.79 Å². The molecule has 0 heterocycles. The lowest BCUT2D eigenvalue weighted by atomic mass is 10.1. The van der Waals surface area contributed by atoms with Crippen LogP contribution >= 0.6 is 0 Å². The molecule has 0 saturated heterocycles. The van der Waals surface area contributed by atoms with Gasteiger partial charge in [0.2, 0.25) is 5.91 Å². The summed E-state index contributed by atoms with van der Waals surface area (Å²) in [5.41, 5.74) is 0.802. The number of hydrogen-bond acceptors (Lipinski definition) is 5. The van der Waals surface area contributed by atoms with Gasteiger partial charge in [-0.25, -0.2) is 9.59 Å². The van der Waals surface area contributed by atoms with E-state index in [0.29, 0.717) is 5.69 Å². The van der Waals surface area contributed by atoms with Crippen LogP contribution in [0.4, 0.5) is 10.5 Å². The number of esters is 1. The predicted octanol–water partition coefficient (Wildman–Crippen LogP) is 2.64. The number of nitrogens with one attached hydrogen (secondary N) is 2. The first-order chi connectivity index (χ1) is 11.6. The molecule has 2 amide bonds. The Hall–Kier alpha value is -2.57. The number of carbonyl (C=O) groups is 3. The Bertz CT molecular complexity index is 605. The second-order valence-corrected chi connectivity index (χ2v) is 6.53. The van der Waals surface area contributed by atoms with Crippen molar-refractivity contribution in [2.24, 2.45) is 0 Å². The number of amides is 2. The minimum atomic E-state index is -0.860. The predicted molar refractivity (Wildman–Crippen MR) is 94.2 cm³/mol. The highest BCUT2D eigenvalue weighted by atomic mass is 16.6.